The topological polar surface area (TPSA) is 100 Å². The van der Waals surface area contributed by atoms with E-state index in [0.717, 1.165) is 25.9 Å². The monoisotopic (exact) mass is 526 g/mol. The summed E-state index contributed by atoms with van der Waals surface area (Å²) in [6.45, 7) is 2.13. The Bertz CT molecular complexity index is 1030. The Kier molecular flexibility index (Phi) is 8.10. The fourth-order valence-electron chi connectivity index (χ4n) is 4.07. The Labute approximate surface area is 211 Å². The van der Waals surface area contributed by atoms with Crippen LogP contribution in [-0.4, -0.2) is 80.5 Å². The van der Waals surface area contributed by atoms with Crippen LogP contribution in [0, 0.1) is 0 Å². The minimum atomic E-state index is -0.811. The zero-order valence-corrected chi connectivity index (χ0v) is 21.4. The van der Waals surface area contributed by atoms with E-state index in [9.17, 15) is 14.4 Å². The molecular weight excluding hydrogens is 500 g/mol. The van der Waals surface area contributed by atoms with E-state index in [1.165, 1.54) is 45.1 Å². The number of amides is 3. The molecule has 0 bridgehead atoms. The van der Waals surface area contributed by atoms with Crippen molar-refractivity contribution in [1.29, 1.82) is 0 Å². The second kappa shape index (κ2) is 11.0. The van der Waals surface area contributed by atoms with Gasteiger partial charge in [-0.2, -0.15) is 0 Å². The molecule has 9 nitrogen and oxygen atoms in total. The molecule has 1 saturated heterocycles. The van der Waals surface area contributed by atoms with Crippen molar-refractivity contribution in [3.63, 3.8) is 0 Å². The Morgan fingerprint density at radius 2 is 1.97 bits per heavy atom. The number of nitrogens with zero attached hydrogens (tertiary/aromatic N) is 2. The molecule has 184 valence electrons. The van der Waals surface area contributed by atoms with Crippen LogP contribution in [0.3, 0.4) is 0 Å². The lowest BCUT2D eigenvalue weighted by atomic mass is 10.1. The van der Waals surface area contributed by atoms with Gasteiger partial charge < -0.3 is 19.7 Å². The first-order chi connectivity index (χ1) is 16.3. The highest BCUT2D eigenvalue weighted by molar-refractivity contribution is 7.18. The molecule has 0 aromatic carbocycles. The fourth-order valence-corrected chi connectivity index (χ4v) is 6.17. The number of hydrogen-bond donors (Lipinski definition) is 2. The summed E-state index contributed by atoms with van der Waals surface area (Å²) >= 11 is 8.63. The molecule has 2 aromatic heterocycles. The molecular formula is C22H27ClN4O5S2. The van der Waals surface area contributed by atoms with E-state index in [0.29, 0.717) is 14.1 Å². The van der Waals surface area contributed by atoms with E-state index in [2.05, 4.69) is 22.6 Å². The molecule has 0 spiro atoms. The van der Waals surface area contributed by atoms with Gasteiger partial charge in [-0.1, -0.05) is 11.6 Å². The van der Waals surface area contributed by atoms with Gasteiger partial charge in [0.1, 0.15) is 6.73 Å². The van der Waals surface area contributed by atoms with Gasteiger partial charge in [0, 0.05) is 38.0 Å². The first kappa shape index (κ1) is 24.9. The Hall–Kier alpha value is -2.18. The Morgan fingerprint density at radius 1 is 1.18 bits per heavy atom. The van der Waals surface area contributed by atoms with Gasteiger partial charge in [0.05, 0.1) is 20.1 Å². The molecule has 0 saturated carbocycles. The summed E-state index contributed by atoms with van der Waals surface area (Å²) in [4.78, 5) is 44.4. The average Bonchev–Trinajstić information content (AvgIpc) is 3.50. The van der Waals surface area contributed by atoms with Crippen molar-refractivity contribution >= 4 is 52.2 Å². The number of likely N-dealkylation sites (N-methyl/N-ethyl adjacent to an activating group) is 1. The van der Waals surface area contributed by atoms with Gasteiger partial charge in [0.25, 0.3) is 11.8 Å². The third kappa shape index (κ3) is 5.89. The summed E-state index contributed by atoms with van der Waals surface area (Å²) in [6, 6.07) is 4.91. The summed E-state index contributed by atoms with van der Waals surface area (Å²) in [5.74, 6) is -0.474. The number of hydrogen-bond acceptors (Lipinski definition) is 8. The standard InChI is InChI=1S/C22H27ClN4O5S2/c1-26-7-5-13-9-17(33-15(13)6-8-26)21(29)27-11-14(10-19(27)32-22(30)24-12-31-2)25-20(28)16-3-4-18(23)34-16/h3-4,9,14,19H,5-8,10-12H2,1-2H3,(H,24,30)(H,25,28)/t14-,19+/m1/s1. The van der Waals surface area contributed by atoms with E-state index in [1.807, 2.05) is 6.07 Å². The lowest BCUT2D eigenvalue weighted by Gasteiger charge is -2.23. The highest BCUT2D eigenvalue weighted by atomic mass is 35.5. The number of thiophene rings is 2. The lowest BCUT2D eigenvalue weighted by Crippen LogP contribution is -2.41. The molecule has 0 aliphatic carbocycles. The summed E-state index contributed by atoms with van der Waals surface area (Å²) in [5, 5.41) is 5.40. The largest absolute Gasteiger partial charge is 0.425 e. The molecule has 2 aliphatic heterocycles. The summed E-state index contributed by atoms with van der Waals surface area (Å²) in [5.41, 5.74) is 1.20. The summed E-state index contributed by atoms with van der Waals surface area (Å²) in [7, 11) is 3.55. The Morgan fingerprint density at radius 3 is 2.71 bits per heavy atom. The SMILES string of the molecule is COCNC(=O)O[C@H]1C[C@@H](NC(=O)c2ccc(Cl)s2)CN1C(=O)c1cc2c(s1)CCN(C)CC2. The molecule has 0 unspecified atom stereocenters. The van der Waals surface area contributed by atoms with Crippen molar-refractivity contribution in [1.82, 2.24) is 20.4 Å². The maximum absolute atomic E-state index is 13.5. The number of ether oxygens (including phenoxy) is 2. The zero-order valence-electron chi connectivity index (χ0n) is 19.0. The number of fused-ring (bicyclic) bond motifs is 1. The second-order valence-electron chi connectivity index (χ2n) is 8.30. The molecule has 4 heterocycles. The van der Waals surface area contributed by atoms with Crippen LogP contribution in [0.25, 0.3) is 0 Å². The first-order valence-corrected chi connectivity index (χ1v) is 13.0. The fraction of sp³-hybridized carbons (Fsp3) is 0.500. The van der Waals surface area contributed by atoms with Crippen molar-refractivity contribution in [2.75, 3.05) is 40.5 Å². The minimum Gasteiger partial charge on any atom is -0.425 e. The highest BCUT2D eigenvalue weighted by Gasteiger charge is 2.40. The molecule has 2 aromatic rings. The number of halogens is 1. The number of methoxy groups -OCH3 is 1. The van der Waals surface area contributed by atoms with Gasteiger partial charge in [0.15, 0.2) is 6.23 Å². The molecule has 3 amide bonds. The van der Waals surface area contributed by atoms with E-state index in [-0.39, 0.29) is 37.6 Å². The van der Waals surface area contributed by atoms with E-state index < -0.39 is 12.3 Å². The van der Waals surface area contributed by atoms with Gasteiger partial charge in [-0.05, 0) is 43.7 Å². The van der Waals surface area contributed by atoms with Gasteiger partial charge in [0.2, 0.25) is 0 Å². The van der Waals surface area contributed by atoms with Crippen molar-refractivity contribution in [3.05, 3.63) is 42.7 Å². The van der Waals surface area contributed by atoms with Gasteiger partial charge in [-0.25, -0.2) is 4.79 Å². The van der Waals surface area contributed by atoms with E-state index in [1.54, 1.807) is 12.1 Å². The molecule has 1 fully saturated rings. The predicted molar refractivity (Wildman–Crippen MR) is 131 cm³/mol. The molecule has 2 N–H and O–H groups in total. The number of carbonyl (C=O) groups is 3. The predicted octanol–water partition coefficient (Wildman–Crippen LogP) is 2.79. The molecule has 0 radical (unpaired) electrons. The number of alkyl carbamates (subject to hydrolysis) is 1. The van der Waals surface area contributed by atoms with Gasteiger partial charge >= 0.3 is 6.09 Å². The number of rotatable bonds is 6. The molecule has 2 atom stereocenters. The van der Waals surface area contributed by atoms with E-state index >= 15 is 0 Å². The maximum atomic E-state index is 13.5. The van der Waals surface area contributed by atoms with Crippen LogP contribution >= 0.6 is 34.3 Å². The quantitative estimate of drug-likeness (QED) is 0.561. The van der Waals surface area contributed by atoms with E-state index in [4.69, 9.17) is 21.1 Å². The van der Waals surface area contributed by atoms with Crippen LogP contribution in [0.5, 0.6) is 0 Å². The zero-order chi connectivity index (χ0) is 24.2. The van der Waals surface area contributed by atoms with Crippen LogP contribution in [-0.2, 0) is 22.3 Å². The van der Waals surface area contributed by atoms with Gasteiger partial charge in [-0.3, -0.25) is 19.8 Å². The molecule has 34 heavy (non-hydrogen) atoms. The minimum absolute atomic E-state index is 0.00904. The third-order valence-electron chi connectivity index (χ3n) is 5.84. The van der Waals surface area contributed by atoms with Crippen LogP contribution in [0.4, 0.5) is 4.79 Å². The average molecular weight is 527 g/mol. The third-order valence-corrected chi connectivity index (χ3v) is 8.29. The smallest absolute Gasteiger partial charge is 0.410 e. The molecule has 2 aliphatic rings. The van der Waals surface area contributed by atoms with Crippen molar-refractivity contribution < 1.29 is 23.9 Å². The van der Waals surface area contributed by atoms with Crippen LogP contribution in [0.15, 0.2) is 18.2 Å². The first-order valence-electron chi connectivity index (χ1n) is 10.9. The van der Waals surface area contributed by atoms with Crippen LogP contribution in [0.1, 0.15) is 36.2 Å². The lowest BCUT2D eigenvalue weighted by molar-refractivity contribution is 0.0112. The number of nitrogens with one attached hydrogen (secondary N) is 2. The highest BCUT2D eigenvalue weighted by Crippen LogP contribution is 2.30. The van der Waals surface area contributed by atoms with Crippen molar-refractivity contribution in [2.24, 2.45) is 0 Å². The second-order valence-corrected chi connectivity index (χ2v) is 11.2. The van der Waals surface area contributed by atoms with Crippen molar-refractivity contribution in [3.8, 4) is 0 Å². The van der Waals surface area contributed by atoms with Crippen LogP contribution < -0.4 is 10.6 Å². The Balaban J connectivity index is 1.49. The normalized spacial score (nSPS) is 20.5. The molecule has 4 rings (SSSR count). The van der Waals surface area contributed by atoms with Crippen LogP contribution in [0.2, 0.25) is 4.34 Å². The maximum Gasteiger partial charge on any atom is 0.410 e. The number of likely N-dealkylation sites (tertiary alicyclic amines) is 1. The summed E-state index contributed by atoms with van der Waals surface area (Å²) in [6.07, 6.45) is 0.594. The summed E-state index contributed by atoms with van der Waals surface area (Å²) < 4.78 is 10.9. The van der Waals surface area contributed by atoms with Crippen molar-refractivity contribution in [2.45, 2.75) is 31.5 Å². The molecule has 12 heteroatoms. The number of carbonyl (C=O) groups excluding carboxylic acids is 3. The van der Waals surface area contributed by atoms with Gasteiger partial charge in [-0.15, -0.1) is 22.7 Å².